The minimum atomic E-state index is 0.590. The summed E-state index contributed by atoms with van der Waals surface area (Å²) in [7, 11) is 0. The van der Waals surface area contributed by atoms with Crippen molar-refractivity contribution in [3.63, 3.8) is 0 Å². The number of pyridine rings is 1. The molecular formula is C13H22N2. The molecule has 1 N–H and O–H groups in total. The first-order valence-corrected chi connectivity index (χ1v) is 5.79. The van der Waals surface area contributed by atoms with Gasteiger partial charge in [-0.05, 0) is 31.4 Å². The van der Waals surface area contributed by atoms with E-state index in [2.05, 4.69) is 43.2 Å². The van der Waals surface area contributed by atoms with Crippen molar-refractivity contribution in [1.29, 1.82) is 0 Å². The summed E-state index contributed by atoms with van der Waals surface area (Å²) in [5, 5.41) is 3.55. The van der Waals surface area contributed by atoms with E-state index < -0.39 is 0 Å². The summed E-state index contributed by atoms with van der Waals surface area (Å²) < 4.78 is 0. The van der Waals surface area contributed by atoms with E-state index in [1.807, 2.05) is 13.0 Å². The second-order valence-electron chi connectivity index (χ2n) is 4.41. The molecule has 1 aromatic heterocycles. The van der Waals surface area contributed by atoms with Gasteiger partial charge in [-0.15, -0.1) is 0 Å². The Kier molecular flexibility index (Phi) is 4.76. The van der Waals surface area contributed by atoms with Crippen LogP contribution in [-0.2, 0) is 6.54 Å². The van der Waals surface area contributed by atoms with Gasteiger partial charge in [-0.1, -0.05) is 26.8 Å². The molecule has 0 aliphatic heterocycles. The van der Waals surface area contributed by atoms with Crippen LogP contribution < -0.4 is 5.32 Å². The van der Waals surface area contributed by atoms with Crippen LogP contribution in [0.4, 0.5) is 0 Å². The highest BCUT2D eigenvalue weighted by Gasteiger charge is 2.09. The molecule has 0 aliphatic rings. The number of hydrogen-bond donors (Lipinski definition) is 1. The van der Waals surface area contributed by atoms with E-state index in [1.165, 1.54) is 6.42 Å². The molecule has 1 unspecified atom stereocenters. The van der Waals surface area contributed by atoms with Crippen molar-refractivity contribution in [1.82, 2.24) is 10.3 Å². The molecule has 2 nitrogen and oxygen atoms in total. The number of rotatable bonds is 5. The molecule has 0 aliphatic carbocycles. The van der Waals surface area contributed by atoms with Crippen molar-refractivity contribution < 1.29 is 0 Å². The molecule has 84 valence electrons. The summed E-state index contributed by atoms with van der Waals surface area (Å²) in [6.45, 7) is 9.64. The van der Waals surface area contributed by atoms with Gasteiger partial charge in [-0.2, -0.15) is 0 Å². The third-order valence-corrected chi connectivity index (χ3v) is 2.74. The first-order chi connectivity index (χ1) is 7.13. The Bertz CT molecular complexity index is 294. The SMILES string of the molecule is CCC(NCc1cccc(C)n1)C(C)C. The Hall–Kier alpha value is -0.890. The van der Waals surface area contributed by atoms with Gasteiger partial charge in [0.2, 0.25) is 0 Å². The van der Waals surface area contributed by atoms with Crippen molar-refractivity contribution in [2.75, 3.05) is 0 Å². The van der Waals surface area contributed by atoms with E-state index >= 15 is 0 Å². The lowest BCUT2D eigenvalue weighted by Crippen LogP contribution is -2.32. The van der Waals surface area contributed by atoms with Crippen molar-refractivity contribution in [3.8, 4) is 0 Å². The fraction of sp³-hybridized carbons (Fsp3) is 0.615. The fourth-order valence-electron chi connectivity index (χ4n) is 1.79. The number of nitrogens with zero attached hydrogens (tertiary/aromatic N) is 1. The summed E-state index contributed by atoms with van der Waals surface area (Å²) in [5.41, 5.74) is 2.22. The van der Waals surface area contributed by atoms with Crippen molar-refractivity contribution in [2.45, 2.75) is 46.7 Å². The molecule has 0 aromatic carbocycles. The van der Waals surface area contributed by atoms with Crippen LogP contribution in [-0.4, -0.2) is 11.0 Å². The number of nitrogens with one attached hydrogen (secondary N) is 1. The zero-order valence-electron chi connectivity index (χ0n) is 10.2. The first kappa shape index (κ1) is 12.2. The first-order valence-electron chi connectivity index (χ1n) is 5.79. The van der Waals surface area contributed by atoms with Gasteiger partial charge in [0, 0.05) is 18.3 Å². The number of aryl methyl sites for hydroxylation is 1. The molecule has 0 bridgehead atoms. The van der Waals surface area contributed by atoms with E-state index in [-0.39, 0.29) is 0 Å². The standard InChI is InChI=1S/C13H22N2/c1-5-13(10(2)3)14-9-12-8-6-7-11(4)15-12/h6-8,10,13-14H,5,9H2,1-4H3. The quantitative estimate of drug-likeness (QED) is 0.801. The summed E-state index contributed by atoms with van der Waals surface area (Å²) in [6.07, 6.45) is 1.17. The monoisotopic (exact) mass is 206 g/mol. The maximum absolute atomic E-state index is 4.48. The zero-order valence-corrected chi connectivity index (χ0v) is 10.2. The normalized spacial score (nSPS) is 13.1. The molecular weight excluding hydrogens is 184 g/mol. The molecule has 1 heterocycles. The molecule has 1 rings (SSSR count). The molecule has 2 heteroatoms. The zero-order chi connectivity index (χ0) is 11.3. The topological polar surface area (TPSA) is 24.9 Å². The predicted molar refractivity (Wildman–Crippen MR) is 64.7 cm³/mol. The second kappa shape index (κ2) is 5.86. The molecule has 0 spiro atoms. The van der Waals surface area contributed by atoms with Crippen LogP contribution in [0.3, 0.4) is 0 Å². The van der Waals surface area contributed by atoms with E-state index in [4.69, 9.17) is 0 Å². The van der Waals surface area contributed by atoms with Gasteiger partial charge in [-0.3, -0.25) is 4.98 Å². The summed E-state index contributed by atoms with van der Waals surface area (Å²) in [6, 6.07) is 6.76. The molecule has 0 saturated heterocycles. The van der Waals surface area contributed by atoms with Crippen LogP contribution in [0.1, 0.15) is 38.6 Å². The Balaban J connectivity index is 2.49. The van der Waals surface area contributed by atoms with Gasteiger partial charge < -0.3 is 5.32 Å². The highest BCUT2D eigenvalue weighted by Crippen LogP contribution is 2.06. The summed E-state index contributed by atoms with van der Waals surface area (Å²) in [4.78, 5) is 4.48. The van der Waals surface area contributed by atoms with Gasteiger partial charge in [0.05, 0.1) is 5.69 Å². The maximum atomic E-state index is 4.48. The smallest absolute Gasteiger partial charge is 0.0544 e. The fourth-order valence-corrected chi connectivity index (χ4v) is 1.79. The molecule has 1 aromatic rings. The van der Waals surface area contributed by atoms with Gasteiger partial charge in [-0.25, -0.2) is 0 Å². The minimum Gasteiger partial charge on any atom is -0.308 e. The third kappa shape index (κ3) is 4.00. The van der Waals surface area contributed by atoms with Crippen LogP contribution >= 0.6 is 0 Å². The highest BCUT2D eigenvalue weighted by molar-refractivity contribution is 5.09. The largest absolute Gasteiger partial charge is 0.308 e. The van der Waals surface area contributed by atoms with Crippen LogP contribution in [0.15, 0.2) is 18.2 Å². The van der Waals surface area contributed by atoms with Gasteiger partial charge in [0.1, 0.15) is 0 Å². The Morgan fingerprint density at radius 3 is 2.60 bits per heavy atom. The van der Waals surface area contributed by atoms with Crippen LogP contribution in [0, 0.1) is 12.8 Å². The average molecular weight is 206 g/mol. The Labute approximate surface area is 93.1 Å². The van der Waals surface area contributed by atoms with Crippen LogP contribution in [0.25, 0.3) is 0 Å². The number of hydrogen-bond acceptors (Lipinski definition) is 2. The predicted octanol–water partition coefficient (Wildman–Crippen LogP) is 2.91. The lowest BCUT2D eigenvalue weighted by atomic mass is 10.0. The highest BCUT2D eigenvalue weighted by atomic mass is 14.9. The second-order valence-corrected chi connectivity index (χ2v) is 4.41. The lowest BCUT2D eigenvalue weighted by molar-refractivity contribution is 0.385. The molecule has 0 amide bonds. The van der Waals surface area contributed by atoms with E-state index in [1.54, 1.807) is 0 Å². The van der Waals surface area contributed by atoms with E-state index in [9.17, 15) is 0 Å². The average Bonchev–Trinajstić information content (AvgIpc) is 2.18. The van der Waals surface area contributed by atoms with Crippen molar-refractivity contribution in [2.24, 2.45) is 5.92 Å². The van der Waals surface area contributed by atoms with E-state index in [0.29, 0.717) is 12.0 Å². The molecule has 0 saturated carbocycles. The molecule has 0 radical (unpaired) electrons. The summed E-state index contributed by atoms with van der Waals surface area (Å²) in [5.74, 6) is 0.680. The molecule has 0 fully saturated rings. The minimum absolute atomic E-state index is 0.590. The Morgan fingerprint density at radius 2 is 2.07 bits per heavy atom. The van der Waals surface area contributed by atoms with Crippen LogP contribution in [0.5, 0.6) is 0 Å². The van der Waals surface area contributed by atoms with Gasteiger partial charge in [0.15, 0.2) is 0 Å². The van der Waals surface area contributed by atoms with Crippen LogP contribution in [0.2, 0.25) is 0 Å². The Morgan fingerprint density at radius 1 is 1.33 bits per heavy atom. The van der Waals surface area contributed by atoms with Crippen molar-refractivity contribution >= 4 is 0 Å². The number of aromatic nitrogens is 1. The van der Waals surface area contributed by atoms with Gasteiger partial charge >= 0.3 is 0 Å². The summed E-state index contributed by atoms with van der Waals surface area (Å²) >= 11 is 0. The molecule has 15 heavy (non-hydrogen) atoms. The van der Waals surface area contributed by atoms with Crippen molar-refractivity contribution in [3.05, 3.63) is 29.6 Å². The third-order valence-electron chi connectivity index (χ3n) is 2.74. The lowest BCUT2D eigenvalue weighted by Gasteiger charge is -2.20. The maximum Gasteiger partial charge on any atom is 0.0544 e. The van der Waals surface area contributed by atoms with E-state index in [0.717, 1.165) is 17.9 Å². The molecule has 1 atom stereocenters. The van der Waals surface area contributed by atoms with Gasteiger partial charge in [0.25, 0.3) is 0 Å².